The molecule has 0 aromatic heterocycles. The zero-order valence-corrected chi connectivity index (χ0v) is 27.7. The van der Waals surface area contributed by atoms with Crippen LogP contribution in [-0.4, -0.2) is 65.4 Å². The number of anilines is 2. The fourth-order valence-electron chi connectivity index (χ4n) is 4.89. The molecule has 11 nitrogen and oxygen atoms in total. The number of nitrogens with one attached hydrogen (secondary N) is 2. The molecular weight excluding hydrogens is 717 g/mol. The standard InChI is InChI=1S/C30H26ClF3N4O7S3/c31-27-16-13-22(19-26(27)30(32,33)34)36-46(40,41)23-14-11-21(12-15-23)35-29(39)28-20-37(47(42,43)24-7-3-1-4-8-24)17-18-38(28)48(44,45)25-9-5-2-6-10-25/h1-16,19,28,36H,17-18,20H2,(H,35,39). The number of hydrogen-bond acceptors (Lipinski definition) is 7. The van der Waals surface area contributed by atoms with E-state index < -0.39 is 71.0 Å². The first-order valence-electron chi connectivity index (χ1n) is 13.9. The van der Waals surface area contributed by atoms with Crippen molar-refractivity contribution in [3.8, 4) is 0 Å². The first kappa shape index (κ1) is 35.3. The lowest BCUT2D eigenvalue weighted by Gasteiger charge is -2.38. The molecule has 2 N–H and O–H groups in total. The molecule has 18 heteroatoms. The summed E-state index contributed by atoms with van der Waals surface area (Å²) in [6.45, 7) is -1.10. The van der Waals surface area contributed by atoms with E-state index in [4.69, 9.17) is 11.6 Å². The van der Waals surface area contributed by atoms with Crippen LogP contribution in [0.25, 0.3) is 0 Å². The Morgan fingerprint density at radius 2 is 1.25 bits per heavy atom. The summed E-state index contributed by atoms with van der Waals surface area (Å²) >= 11 is 5.61. The van der Waals surface area contributed by atoms with E-state index in [9.17, 15) is 43.2 Å². The number of carbonyl (C=O) groups excluding carboxylic acids is 1. The minimum Gasteiger partial charge on any atom is -0.325 e. The summed E-state index contributed by atoms with van der Waals surface area (Å²) in [6.07, 6.45) is -4.82. The Hall–Kier alpha value is -4.00. The zero-order chi connectivity index (χ0) is 34.9. The minimum atomic E-state index is -4.82. The Kier molecular flexibility index (Phi) is 9.92. The van der Waals surface area contributed by atoms with Gasteiger partial charge in [0.15, 0.2) is 0 Å². The second-order valence-electron chi connectivity index (χ2n) is 10.4. The van der Waals surface area contributed by atoms with Gasteiger partial charge in [0.1, 0.15) is 6.04 Å². The maximum atomic E-state index is 13.7. The van der Waals surface area contributed by atoms with Crippen LogP contribution in [-0.2, 0) is 41.0 Å². The SMILES string of the molecule is O=C(Nc1ccc(S(=O)(=O)Nc2ccc(Cl)c(C(F)(F)F)c2)cc1)C1CN(S(=O)(=O)c2ccccc2)CCN1S(=O)(=O)c1ccccc1. The first-order chi connectivity index (χ1) is 22.5. The number of amides is 1. The van der Waals surface area contributed by atoms with Gasteiger partial charge in [-0.15, -0.1) is 0 Å². The van der Waals surface area contributed by atoms with E-state index in [1.165, 1.54) is 60.7 Å². The third kappa shape index (κ3) is 7.50. The molecule has 0 bridgehead atoms. The predicted molar refractivity (Wildman–Crippen MR) is 172 cm³/mol. The predicted octanol–water partition coefficient (Wildman–Crippen LogP) is 4.86. The number of carbonyl (C=O) groups is 1. The number of alkyl halides is 3. The van der Waals surface area contributed by atoms with Crippen molar-refractivity contribution in [2.45, 2.75) is 26.9 Å². The number of piperazine rings is 1. The summed E-state index contributed by atoms with van der Waals surface area (Å²) in [7, 11) is -12.8. The Bertz CT molecular complexity index is 2140. The molecule has 1 atom stereocenters. The van der Waals surface area contributed by atoms with Crippen LogP contribution in [0.3, 0.4) is 0 Å². The van der Waals surface area contributed by atoms with Crippen LogP contribution < -0.4 is 10.0 Å². The van der Waals surface area contributed by atoms with Gasteiger partial charge in [-0.2, -0.15) is 21.8 Å². The smallest absolute Gasteiger partial charge is 0.325 e. The first-order valence-corrected chi connectivity index (χ1v) is 18.7. The Labute approximate surface area is 280 Å². The van der Waals surface area contributed by atoms with Gasteiger partial charge in [-0.05, 0) is 66.7 Å². The summed E-state index contributed by atoms with van der Waals surface area (Å²) in [6, 6.07) is 20.3. The van der Waals surface area contributed by atoms with E-state index >= 15 is 0 Å². The van der Waals surface area contributed by atoms with Crippen molar-refractivity contribution >= 4 is 59.0 Å². The summed E-state index contributed by atoms with van der Waals surface area (Å²) in [5.41, 5.74) is -1.59. The summed E-state index contributed by atoms with van der Waals surface area (Å²) < 4.78 is 124. The molecule has 0 saturated carbocycles. The van der Waals surface area contributed by atoms with Crippen LogP contribution in [0.5, 0.6) is 0 Å². The van der Waals surface area contributed by atoms with Crippen LogP contribution in [0, 0.1) is 0 Å². The lowest BCUT2D eigenvalue weighted by molar-refractivity contribution is -0.137. The molecule has 4 aromatic carbocycles. The van der Waals surface area contributed by atoms with Gasteiger partial charge in [-0.3, -0.25) is 9.52 Å². The van der Waals surface area contributed by atoms with Gasteiger partial charge in [0.2, 0.25) is 26.0 Å². The molecular formula is C30H26ClF3N4O7S3. The normalized spacial score (nSPS) is 16.7. The molecule has 1 heterocycles. The second kappa shape index (κ2) is 13.5. The van der Waals surface area contributed by atoms with Crippen molar-refractivity contribution in [2.24, 2.45) is 0 Å². The van der Waals surface area contributed by atoms with E-state index in [2.05, 4.69) is 5.32 Å². The summed E-state index contributed by atoms with van der Waals surface area (Å²) in [4.78, 5) is 13.1. The number of sulfonamides is 3. The highest BCUT2D eigenvalue weighted by molar-refractivity contribution is 7.92. The molecule has 4 aromatic rings. The van der Waals surface area contributed by atoms with Gasteiger partial charge in [0.25, 0.3) is 10.0 Å². The maximum Gasteiger partial charge on any atom is 0.417 e. The number of rotatable bonds is 9. The summed E-state index contributed by atoms with van der Waals surface area (Å²) in [5, 5.41) is 1.90. The molecule has 5 rings (SSSR count). The van der Waals surface area contributed by atoms with Crippen molar-refractivity contribution in [3.63, 3.8) is 0 Å². The molecule has 1 saturated heterocycles. The number of halogens is 4. The quantitative estimate of drug-likeness (QED) is 0.249. The van der Waals surface area contributed by atoms with Crippen molar-refractivity contribution in [1.82, 2.24) is 8.61 Å². The van der Waals surface area contributed by atoms with Gasteiger partial charge in [-0.25, -0.2) is 25.3 Å². The molecule has 1 amide bonds. The Morgan fingerprint density at radius 1 is 0.708 bits per heavy atom. The average Bonchev–Trinajstić information content (AvgIpc) is 3.05. The molecule has 0 radical (unpaired) electrons. The van der Waals surface area contributed by atoms with Crippen molar-refractivity contribution in [2.75, 3.05) is 29.7 Å². The van der Waals surface area contributed by atoms with E-state index in [1.54, 1.807) is 12.1 Å². The van der Waals surface area contributed by atoms with Crippen LogP contribution in [0.1, 0.15) is 5.56 Å². The van der Waals surface area contributed by atoms with Gasteiger partial charge >= 0.3 is 6.18 Å². The third-order valence-corrected chi connectivity index (χ3v) is 12.8. The third-order valence-electron chi connectivity index (χ3n) is 7.28. The Morgan fingerprint density at radius 3 is 1.81 bits per heavy atom. The molecule has 1 aliphatic rings. The van der Waals surface area contributed by atoms with Crippen molar-refractivity contribution in [1.29, 1.82) is 0 Å². The van der Waals surface area contributed by atoms with E-state index in [1.807, 2.05) is 4.72 Å². The molecule has 1 fully saturated rings. The van der Waals surface area contributed by atoms with Crippen LogP contribution in [0.15, 0.2) is 118 Å². The largest absolute Gasteiger partial charge is 0.417 e. The van der Waals surface area contributed by atoms with Crippen LogP contribution >= 0.6 is 11.6 Å². The highest BCUT2D eigenvalue weighted by Crippen LogP contribution is 2.36. The molecule has 254 valence electrons. The monoisotopic (exact) mass is 742 g/mol. The summed E-state index contributed by atoms with van der Waals surface area (Å²) in [5.74, 6) is -0.892. The maximum absolute atomic E-state index is 13.7. The minimum absolute atomic E-state index is 0.0323. The highest BCUT2D eigenvalue weighted by atomic mass is 35.5. The van der Waals surface area contributed by atoms with Gasteiger partial charge < -0.3 is 5.32 Å². The molecule has 48 heavy (non-hydrogen) atoms. The average molecular weight is 743 g/mol. The fraction of sp³-hybridized carbons (Fsp3) is 0.167. The molecule has 1 aliphatic heterocycles. The topological polar surface area (TPSA) is 150 Å². The molecule has 1 unspecified atom stereocenters. The van der Waals surface area contributed by atoms with E-state index in [0.29, 0.717) is 6.07 Å². The second-order valence-corrected chi connectivity index (χ2v) is 16.4. The van der Waals surface area contributed by atoms with Gasteiger partial charge in [0.05, 0.1) is 25.3 Å². The highest BCUT2D eigenvalue weighted by Gasteiger charge is 2.43. The fourth-order valence-corrected chi connectivity index (χ4v) is 9.22. The van der Waals surface area contributed by atoms with Gasteiger partial charge in [0, 0.05) is 31.0 Å². The number of hydrogen-bond donors (Lipinski definition) is 2. The number of benzene rings is 4. The van der Waals surface area contributed by atoms with Crippen molar-refractivity contribution < 1.29 is 43.2 Å². The van der Waals surface area contributed by atoms with Crippen LogP contribution in [0.2, 0.25) is 5.02 Å². The zero-order valence-electron chi connectivity index (χ0n) is 24.5. The number of nitrogens with zero attached hydrogens (tertiary/aromatic N) is 2. The van der Waals surface area contributed by atoms with E-state index in [0.717, 1.165) is 32.9 Å². The lowest BCUT2D eigenvalue weighted by atomic mass is 10.2. The van der Waals surface area contributed by atoms with Crippen LogP contribution in [0.4, 0.5) is 24.5 Å². The Balaban J connectivity index is 1.39. The molecule has 0 aliphatic carbocycles. The van der Waals surface area contributed by atoms with Crippen molar-refractivity contribution in [3.05, 3.63) is 114 Å². The lowest BCUT2D eigenvalue weighted by Crippen LogP contribution is -2.60. The van der Waals surface area contributed by atoms with Gasteiger partial charge in [-0.1, -0.05) is 48.0 Å². The van der Waals surface area contributed by atoms with E-state index in [-0.39, 0.29) is 33.5 Å². The molecule has 0 spiro atoms.